The minimum Gasteiger partial charge on any atom is -0.496 e. The van der Waals surface area contributed by atoms with E-state index in [0.717, 1.165) is 43.9 Å². The summed E-state index contributed by atoms with van der Waals surface area (Å²) in [7, 11) is 1.60. The maximum absolute atomic E-state index is 13.0. The molecule has 0 aliphatic carbocycles. The van der Waals surface area contributed by atoms with E-state index in [9.17, 15) is 4.79 Å². The molecule has 0 spiro atoms. The molecule has 3 rings (SSSR count). The van der Waals surface area contributed by atoms with Crippen molar-refractivity contribution in [2.75, 3.05) is 46.4 Å². The molecule has 1 fully saturated rings. The molecule has 2 aromatic carbocycles. The second-order valence-corrected chi connectivity index (χ2v) is 8.20. The van der Waals surface area contributed by atoms with Crippen molar-refractivity contribution in [3.63, 3.8) is 0 Å². The molecule has 1 saturated heterocycles. The monoisotopic (exact) mass is 395 g/mol. The smallest absolute Gasteiger partial charge is 0.255 e. The molecule has 2 aromatic rings. The lowest BCUT2D eigenvalue weighted by atomic mass is 10.00. The maximum Gasteiger partial charge on any atom is 0.255 e. The highest BCUT2D eigenvalue weighted by molar-refractivity contribution is 5.98. The van der Waals surface area contributed by atoms with Gasteiger partial charge in [0.15, 0.2) is 0 Å². The molecule has 0 unspecified atom stereocenters. The number of methoxy groups -OCH3 is 1. The minimum atomic E-state index is -0.0975. The molecule has 0 bridgehead atoms. The zero-order valence-corrected chi connectivity index (χ0v) is 18.1. The molecule has 156 valence electrons. The van der Waals surface area contributed by atoms with Crippen LogP contribution in [0, 0.1) is 0 Å². The number of benzene rings is 2. The van der Waals surface area contributed by atoms with Gasteiger partial charge in [-0.3, -0.25) is 9.69 Å². The van der Waals surface area contributed by atoms with E-state index in [1.165, 1.54) is 0 Å². The lowest BCUT2D eigenvalue weighted by Gasteiger charge is -2.44. The lowest BCUT2D eigenvalue weighted by molar-refractivity contribution is 0.0521. The van der Waals surface area contributed by atoms with Crippen LogP contribution in [0.25, 0.3) is 11.1 Å². The highest BCUT2D eigenvalue weighted by Gasteiger charge is 2.30. The Morgan fingerprint density at radius 2 is 1.72 bits per heavy atom. The molecule has 1 aliphatic heterocycles. The quantitative estimate of drug-likeness (QED) is 0.779. The van der Waals surface area contributed by atoms with Crippen LogP contribution >= 0.6 is 0 Å². The van der Waals surface area contributed by atoms with Crippen molar-refractivity contribution in [3.8, 4) is 16.9 Å². The second kappa shape index (κ2) is 9.42. The number of hydrogen-bond acceptors (Lipinski definition) is 4. The summed E-state index contributed by atoms with van der Waals surface area (Å²) in [6.07, 6.45) is 0. The number of carbonyl (C=O) groups is 1. The van der Waals surface area contributed by atoms with E-state index in [-0.39, 0.29) is 11.4 Å². The van der Waals surface area contributed by atoms with Gasteiger partial charge in [0.05, 0.1) is 12.7 Å². The van der Waals surface area contributed by atoms with Gasteiger partial charge in [0.1, 0.15) is 5.75 Å². The van der Waals surface area contributed by atoms with Gasteiger partial charge in [-0.05, 0) is 43.7 Å². The van der Waals surface area contributed by atoms with Crippen molar-refractivity contribution in [2.45, 2.75) is 26.3 Å². The summed E-state index contributed by atoms with van der Waals surface area (Å²) in [4.78, 5) is 18.0. The molecule has 1 heterocycles. The Kier molecular flexibility index (Phi) is 6.93. The van der Waals surface area contributed by atoms with Gasteiger partial charge in [-0.1, -0.05) is 43.3 Å². The molecule has 1 N–H and O–H groups in total. The van der Waals surface area contributed by atoms with E-state index in [1.54, 1.807) is 7.11 Å². The Balaban J connectivity index is 1.70. The maximum atomic E-state index is 13.0. The highest BCUT2D eigenvalue weighted by atomic mass is 16.5. The first-order valence-electron chi connectivity index (χ1n) is 10.4. The fourth-order valence-electron chi connectivity index (χ4n) is 3.87. The minimum absolute atomic E-state index is 0.0973. The first-order valence-corrected chi connectivity index (χ1v) is 10.4. The molecule has 0 aromatic heterocycles. The fraction of sp³-hybridized carbons (Fsp3) is 0.458. The molecule has 0 saturated carbocycles. The first kappa shape index (κ1) is 21.3. The van der Waals surface area contributed by atoms with Crippen LogP contribution in [0.2, 0.25) is 0 Å². The van der Waals surface area contributed by atoms with Crippen LogP contribution in [-0.4, -0.2) is 67.6 Å². The Bertz CT molecular complexity index is 812. The number of likely N-dealkylation sites (N-methyl/N-ethyl adjacent to an activating group) is 1. The Hall–Kier alpha value is -2.37. The number of rotatable bonds is 7. The summed E-state index contributed by atoms with van der Waals surface area (Å²) in [6, 6.07) is 15.8. The van der Waals surface area contributed by atoms with E-state index >= 15 is 0 Å². The molecule has 5 nitrogen and oxygen atoms in total. The molecular weight excluding hydrogens is 362 g/mol. The standard InChI is InChI=1S/C24H33N3O2/c1-5-26-13-15-27(16-14-26)24(2,3)18-25-23(28)21-17-20(11-12-22(21)29-4)19-9-7-6-8-10-19/h6-12,17H,5,13-16,18H2,1-4H3,(H,25,28). The third-order valence-electron chi connectivity index (χ3n) is 5.91. The number of piperazine rings is 1. The predicted molar refractivity (Wildman–Crippen MR) is 119 cm³/mol. The van der Waals surface area contributed by atoms with E-state index in [1.807, 2.05) is 48.5 Å². The summed E-state index contributed by atoms with van der Waals surface area (Å²) < 4.78 is 5.45. The van der Waals surface area contributed by atoms with Crippen molar-refractivity contribution in [3.05, 3.63) is 54.1 Å². The summed E-state index contributed by atoms with van der Waals surface area (Å²) >= 11 is 0. The van der Waals surface area contributed by atoms with Gasteiger partial charge in [-0.15, -0.1) is 0 Å². The Labute approximate surface area is 174 Å². The molecule has 1 aliphatic rings. The normalized spacial score (nSPS) is 15.9. The second-order valence-electron chi connectivity index (χ2n) is 8.20. The molecule has 1 amide bonds. The molecule has 29 heavy (non-hydrogen) atoms. The van der Waals surface area contributed by atoms with Crippen molar-refractivity contribution < 1.29 is 9.53 Å². The lowest BCUT2D eigenvalue weighted by Crippen LogP contribution is -2.58. The molecular formula is C24H33N3O2. The van der Waals surface area contributed by atoms with Gasteiger partial charge >= 0.3 is 0 Å². The van der Waals surface area contributed by atoms with Gasteiger partial charge in [0, 0.05) is 38.3 Å². The van der Waals surface area contributed by atoms with E-state index in [0.29, 0.717) is 17.9 Å². The number of amides is 1. The number of nitrogens with one attached hydrogen (secondary N) is 1. The SMILES string of the molecule is CCN1CCN(C(C)(C)CNC(=O)c2cc(-c3ccccc3)ccc2OC)CC1. The molecule has 5 heteroatoms. The van der Waals surface area contributed by atoms with Crippen LogP contribution in [0.5, 0.6) is 5.75 Å². The predicted octanol–water partition coefficient (Wildman–Crippen LogP) is 3.51. The number of nitrogens with zero attached hydrogens (tertiary/aromatic N) is 2. The topological polar surface area (TPSA) is 44.8 Å². The number of ether oxygens (including phenoxy) is 1. The van der Waals surface area contributed by atoms with Gasteiger partial charge < -0.3 is 15.0 Å². The third kappa shape index (κ3) is 5.17. The zero-order valence-electron chi connectivity index (χ0n) is 18.1. The van der Waals surface area contributed by atoms with Crippen molar-refractivity contribution >= 4 is 5.91 Å². The Morgan fingerprint density at radius 3 is 2.34 bits per heavy atom. The van der Waals surface area contributed by atoms with Gasteiger partial charge in [0.25, 0.3) is 5.91 Å². The highest BCUT2D eigenvalue weighted by Crippen LogP contribution is 2.27. The average molecular weight is 396 g/mol. The van der Waals surface area contributed by atoms with Crippen molar-refractivity contribution in [1.29, 1.82) is 0 Å². The van der Waals surface area contributed by atoms with Crippen molar-refractivity contribution in [1.82, 2.24) is 15.1 Å². The summed E-state index contributed by atoms with van der Waals surface area (Å²) in [5, 5.41) is 3.14. The average Bonchev–Trinajstić information content (AvgIpc) is 2.77. The Morgan fingerprint density at radius 1 is 1.03 bits per heavy atom. The largest absolute Gasteiger partial charge is 0.496 e. The van der Waals surface area contributed by atoms with Gasteiger partial charge in [-0.2, -0.15) is 0 Å². The molecule has 0 atom stereocenters. The van der Waals surface area contributed by atoms with Crippen LogP contribution < -0.4 is 10.1 Å². The van der Waals surface area contributed by atoms with Gasteiger partial charge in [0.2, 0.25) is 0 Å². The number of carbonyl (C=O) groups excluding carboxylic acids is 1. The third-order valence-corrected chi connectivity index (χ3v) is 5.91. The zero-order chi connectivity index (χ0) is 20.9. The summed E-state index contributed by atoms with van der Waals surface area (Å²) in [5.74, 6) is 0.497. The van der Waals surface area contributed by atoms with E-state index in [2.05, 4.69) is 35.9 Å². The van der Waals surface area contributed by atoms with Crippen LogP contribution in [-0.2, 0) is 0 Å². The number of hydrogen-bond donors (Lipinski definition) is 1. The van der Waals surface area contributed by atoms with Gasteiger partial charge in [-0.25, -0.2) is 0 Å². The van der Waals surface area contributed by atoms with Crippen LogP contribution in [0.3, 0.4) is 0 Å². The van der Waals surface area contributed by atoms with Crippen molar-refractivity contribution in [2.24, 2.45) is 0 Å². The van der Waals surface area contributed by atoms with Crippen LogP contribution in [0.15, 0.2) is 48.5 Å². The fourth-order valence-corrected chi connectivity index (χ4v) is 3.87. The van der Waals surface area contributed by atoms with Crippen LogP contribution in [0.1, 0.15) is 31.1 Å². The van der Waals surface area contributed by atoms with E-state index in [4.69, 9.17) is 4.74 Å². The summed E-state index contributed by atoms with van der Waals surface area (Å²) in [5.41, 5.74) is 2.56. The summed E-state index contributed by atoms with van der Waals surface area (Å²) in [6.45, 7) is 12.5. The van der Waals surface area contributed by atoms with Crippen LogP contribution in [0.4, 0.5) is 0 Å². The molecule has 0 radical (unpaired) electrons. The van der Waals surface area contributed by atoms with E-state index < -0.39 is 0 Å². The first-order chi connectivity index (χ1) is 13.9.